The van der Waals surface area contributed by atoms with Crippen LogP contribution >= 0.6 is 0 Å². The van der Waals surface area contributed by atoms with Gasteiger partial charge in [-0.15, -0.1) is 0 Å². The normalized spacial score (nSPS) is 31.5. The first-order valence-corrected chi connectivity index (χ1v) is 22.0. The van der Waals surface area contributed by atoms with E-state index in [1.165, 1.54) is 152 Å². The van der Waals surface area contributed by atoms with Gasteiger partial charge in [0, 0.05) is 0 Å². The predicted molar refractivity (Wildman–Crippen MR) is 213 cm³/mol. The van der Waals surface area contributed by atoms with E-state index < -0.39 is 0 Å². The van der Waals surface area contributed by atoms with E-state index >= 15 is 0 Å². The highest BCUT2D eigenvalue weighted by atomic mass is 16.5. The zero-order chi connectivity index (χ0) is 35.4. The van der Waals surface area contributed by atoms with Gasteiger partial charge in [-0.2, -0.15) is 0 Å². The maximum atomic E-state index is 7.63. The van der Waals surface area contributed by atoms with E-state index in [-0.39, 0.29) is 12.2 Å². The minimum Gasteiger partial charge on any atom is -0.497 e. The third-order valence-corrected chi connectivity index (χ3v) is 14.7. The fourth-order valence-electron chi connectivity index (χ4n) is 11.4. The Balaban J connectivity index is 1.14. The van der Waals surface area contributed by atoms with Gasteiger partial charge in [0.05, 0.1) is 26.4 Å². The van der Waals surface area contributed by atoms with Crippen molar-refractivity contribution in [1.82, 2.24) is 0 Å². The molecule has 0 amide bonds. The van der Waals surface area contributed by atoms with Crippen LogP contribution in [0.25, 0.3) is 0 Å². The fraction of sp³-hybridized carbons (Fsp3) is 0.750. The lowest BCUT2D eigenvalue weighted by Gasteiger charge is -2.43. The van der Waals surface area contributed by atoms with Crippen LogP contribution in [0.15, 0.2) is 48.5 Å². The topological polar surface area (TPSA) is 27.7 Å². The zero-order valence-corrected chi connectivity index (χ0v) is 33.2. The van der Waals surface area contributed by atoms with E-state index in [0.29, 0.717) is 11.8 Å². The van der Waals surface area contributed by atoms with Crippen LogP contribution in [0, 0.1) is 47.3 Å². The van der Waals surface area contributed by atoms with Crippen molar-refractivity contribution in [2.24, 2.45) is 47.3 Å². The molecule has 0 saturated heterocycles. The van der Waals surface area contributed by atoms with Crippen molar-refractivity contribution in [3.8, 4) is 11.5 Å². The van der Waals surface area contributed by atoms with Gasteiger partial charge in [0.1, 0.15) is 11.5 Å². The summed E-state index contributed by atoms with van der Waals surface area (Å²) in [6, 6.07) is 17.8. The third kappa shape index (κ3) is 10.6. The summed E-state index contributed by atoms with van der Waals surface area (Å²) in [4.78, 5) is 0. The SMILES string of the molecule is CCCCC1CCC(C2CCC(C(OC(c3ccc(OC)cc3)C3CCC(C4CCC(CCCC)CC4)CC3)c3ccc(OC)cc3)CC2)CC1. The van der Waals surface area contributed by atoms with Gasteiger partial charge in [0.2, 0.25) is 0 Å². The molecule has 0 radical (unpaired) electrons. The summed E-state index contributed by atoms with van der Waals surface area (Å²) in [7, 11) is 3.55. The molecule has 3 heteroatoms. The Kier molecular flexibility index (Phi) is 15.1. The molecular weight excluding hydrogens is 625 g/mol. The average molecular weight is 699 g/mol. The minimum absolute atomic E-state index is 0.116. The zero-order valence-electron chi connectivity index (χ0n) is 33.2. The molecule has 4 fully saturated rings. The first-order valence-electron chi connectivity index (χ1n) is 22.0. The van der Waals surface area contributed by atoms with Crippen molar-refractivity contribution in [1.29, 1.82) is 0 Å². The summed E-state index contributed by atoms with van der Waals surface area (Å²) in [5.41, 5.74) is 2.67. The Labute approximate surface area is 313 Å². The predicted octanol–water partition coefficient (Wildman–Crippen LogP) is 14.1. The number of ether oxygens (including phenoxy) is 3. The third-order valence-electron chi connectivity index (χ3n) is 14.7. The van der Waals surface area contributed by atoms with E-state index in [1.54, 1.807) is 14.2 Å². The molecule has 0 spiro atoms. The van der Waals surface area contributed by atoms with Crippen LogP contribution in [0.1, 0.15) is 178 Å². The molecule has 2 unspecified atom stereocenters. The Bertz CT molecular complexity index is 1120. The molecular formula is C48H74O3. The van der Waals surface area contributed by atoms with E-state index in [0.717, 1.165) is 47.0 Å². The lowest BCUT2D eigenvalue weighted by atomic mass is 9.67. The average Bonchev–Trinajstić information content (AvgIpc) is 3.20. The van der Waals surface area contributed by atoms with Crippen molar-refractivity contribution in [3.63, 3.8) is 0 Å². The fourth-order valence-corrected chi connectivity index (χ4v) is 11.4. The number of benzene rings is 2. The van der Waals surface area contributed by atoms with Crippen molar-refractivity contribution < 1.29 is 14.2 Å². The summed E-state index contributed by atoms with van der Waals surface area (Å²) in [6.45, 7) is 4.69. The van der Waals surface area contributed by atoms with Crippen LogP contribution in [-0.2, 0) is 4.74 Å². The van der Waals surface area contributed by atoms with Crippen molar-refractivity contribution in [3.05, 3.63) is 59.7 Å². The first kappa shape index (κ1) is 38.7. The minimum atomic E-state index is 0.116. The Morgan fingerprint density at radius 1 is 0.451 bits per heavy atom. The van der Waals surface area contributed by atoms with Gasteiger partial charge in [-0.25, -0.2) is 0 Å². The number of unbranched alkanes of at least 4 members (excludes halogenated alkanes) is 2. The highest BCUT2D eigenvalue weighted by Gasteiger charge is 2.39. The molecule has 3 nitrogen and oxygen atoms in total. The lowest BCUT2D eigenvalue weighted by molar-refractivity contribution is -0.0935. The first-order chi connectivity index (χ1) is 25.1. The highest BCUT2D eigenvalue weighted by molar-refractivity contribution is 5.31. The molecule has 0 bridgehead atoms. The van der Waals surface area contributed by atoms with Gasteiger partial charge in [0.25, 0.3) is 0 Å². The molecule has 6 rings (SSSR count). The van der Waals surface area contributed by atoms with E-state index in [1.807, 2.05) is 0 Å². The Morgan fingerprint density at radius 3 is 1.06 bits per heavy atom. The van der Waals surface area contributed by atoms with Crippen LogP contribution in [0.3, 0.4) is 0 Å². The van der Waals surface area contributed by atoms with Gasteiger partial charge in [-0.3, -0.25) is 0 Å². The molecule has 2 atom stereocenters. The van der Waals surface area contributed by atoms with Crippen LogP contribution in [0.2, 0.25) is 0 Å². The smallest absolute Gasteiger partial charge is 0.118 e. The molecule has 4 aliphatic carbocycles. The van der Waals surface area contributed by atoms with Gasteiger partial charge in [0.15, 0.2) is 0 Å². The quantitative estimate of drug-likeness (QED) is 0.175. The number of hydrogen-bond acceptors (Lipinski definition) is 3. The molecule has 0 N–H and O–H groups in total. The maximum Gasteiger partial charge on any atom is 0.118 e. The maximum absolute atomic E-state index is 7.63. The standard InChI is InChI=1S/C48H74O3/c1-5-7-9-35-11-15-37(16-12-35)39-19-23-41(24-20-39)47(43-27-31-45(49-3)32-28-43)51-48(44-29-33-46(50-4)34-30-44)42-25-21-40(22-26-42)38-17-13-36(14-18-38)10-8-6-2/h27-42,47-48H,5-26H2,1-4H3. The molecule has 0 aromatic heterocycles. The van der Waals surface area contributed by atoms with E-state index in [2.05, 4.69) is 62.4 Å². The summed E-state index contributed by atoms with van der Waals surface area (Å²) in [5.74, 6) is 8.74. The number of hydrogen-bond donors (Lipinski definition) is 0. The number of methoxy groups -OCH3 is 2. The molecule has 0 aliphatic heterocycles. The second kappa shape index (κ2) is 19.9. The molecule has 0 heterocycles. The summed E-state index contributed by atoms with van der Waals surface area (Å²) in [6.07, 6.45) is 31.2. The molecule has 2 aromatic rings. The molecule has 4 saturated carbocycles. The largest absolute Gasteiger partial charge is 0.497 e. The molecule has 4 aliphatic rings. The molecule has 51 heavy (non-hydrogen) atoms. The van der Waals surface area contributed by atoms with Gasteiger partial charge < -0.3 is 14.2 Å². The number of rotatable bonds is 16. The second-order valence-electron chi connectivity index (χ2n) is 17.7. The van der Waals surface area contributed by atoms with Crippen LogP contribution in [-0.4, -0.2) is 14.2 Å². The molecule has 284 valence electrons. The monoisotopic (exact) mass is 699 g/mol. The van der Waals surface area contributed by atoms with Crippen LogP contribution < -0.4 is 9.47 Å². The highest BCUT2D eigenvalue weighted by Crippen LogP contribution is 2.50. The van der Waals surface area contributed by atoms with Crippen molar-refractivity contribution in [2.75, 3.05) is 14.2 Å². The summed E-state index contributed by atoms with van der Waals surface area (Å²) < 4.78 is 18.8. The summed E-state index contributed by atoms with van der Waals surface area (Å²) in [5, 5.41) is 0. The molecule has 2 aromatic carbocycles. The Morgan fingerprint density at radius 2 is 0.765 bits per heavy atom. The van der Waals surface area contributed by atoms with Crippen LogP contribution in [0.4, 0.5) is 0 Å². The van der Waals surface area contributed by atoms with E-state index in [4.69, 9.17) is 14.2 Å². The van der Waals surface area contributed by atoms with Gasteiger partial charge in [-0.1, -0.05) is 102 Å². The summed E-state index contributed by atoms with van der Waals surface area (Å²) >= 11 is 0. The Hall–Kier alpha value is -2.00. The van der Waals surface area contributed by atoms with Crippen molar-refractivity contribution >= 4 is 0 Å². The van der Waals surface area contributed by atoms with Crippen molar-refractivity contribution in [2.45, 2.75) is 167 Å². The van der Waals surface area contributed by atoms with Crippen LogP contribution in [0.5, 0.6) is 11.5 Å². The van der Waals surface area contributed by atoms with Gasteiger partial charge >= 0.3 is 0 Å². The van der Waals surface area contributed by atoms with E-state index in [9.17, 15) is 0 Å². The second-order valence-corrected chi connectivity index (χ2v) is 17.7. The van der Waals surface area contributed by atoms with Gasteiger partial charge in [-0.05, 0) is 160 Å². The lowest BCUT2D eigenvalue weighted by Crippen LogP contribution is -2.31.